The lowest BCUT2D eigenvalue weighted by Gasteiger charge is -2.42. The van der Waals surface area contributed by atoms with Crippen molar-refractivity contribution in [2.24, 2.45) is 22.7 Å². The summed E-state index contributed by atoms with van der Waals surface area (Å²) >= 11 is 0. The normalized spacial score (nSPS) is 29.7. The molecule has 7 fully saturated rings. The van der Waals surface area contributed by atoms with Gasteiger partial charge in [-0.15, -0.1) is 0 Å². The molecule has 6 saturated heterocycles. The summed E-state index contributed by atoms with van der Waals surface area (Å²) < 4.78 is 65.2. The fraction of sp³-hybridized carbons (Fsp3) is 0.641. The number of ether oxygens (including phenoxy) is 3. The summed E-state index contributed by atoms with van der Waals surface area (Å²) in [6.07, 6.45) is 3.87. The van der Waals surface area contributed by atoms with Crippen molar-refractivity contribution >= 4 is 34.6 Å². The summed E-state index contributed by atoms with van der Waals surface area (Å²) in [7, 11) is 3.64. The summed E-state index contributed by atoms with van der Waals surface area (Å²) in [5, 5.41) is 5.33. The Morgan fingerprint density at radius 2 is 1.75 bits per heavy atom. The van der Waals surface area contributed by atoms with Crippen LogP contribution in [0, 0.1) is 22.7 Å². The zero-order valence-corrected chi connectivity index (χ0v) is 49.4. The van der Waals surface area contributed by atoms with Crippen molar-refractivity contribution in [3.63, 3.8) is 0 Å². The minimum absolute atomic E-state index is 0.0191. The number of esters is 1. The van der Waals surface area contributed by atoms with Crippen molar-refractivity contribution in [1.29, 1.82) is 0 Å². The highest BCUT2D eigenvalue weighted by molar-refractivity contribution is 5.96. The lowest BCUT2D eigenvalue weighted by Crippen LogP contribution is -2.62. The molecule has 2 N–H and O–H groups in total. The number of hydrazine groups is 1. The van der Waals surface area contributed by atoms with E-state index in [9.17, 15) is 9.59 Å². The smallest absolute Gasteiger partial charge is 0.406 e. The van der Waals surface area contributed by atoms with E-state index in [1.807, 2.05) is 77.2 Å². The Bertz CT molecular complexity index is 3130. The zero-order valence-electron chi connectivity index (χ0n) is 49.4. The average Bonchev–Trinajstić information content (AvgIpc) is 2.37. The maximum atomic E-state index is 15.3. The predicted molar refractivity (Wildman–Crippen MR) is 309 cm³/mol. The number of rotatable bonds is 11. The second-order valence-electron chi connectivity index (χ2n) is 26.9. The van der Waals surface area contributed by atoms with Crippen LogP contribution in [0.3, 0.4) is 0 Å². The lowest BCUT2D eigenvalue weighted by molar-refractivity contribution is -0.155. The standard InChI is InChI=1S/C64H84F3N9O7/c1-38(2)54(73-22-18-63(34-73)19-23-74(35-63)60(79)57-55(71(57)6)41-13-14-41)58(77)69-51-27-40-10-8-11-42(26-40)43-15-16-52-47(29-43)49(31-62(4,5)37-83-61(80)50-12-9-20-76(70-50)59(51)78)56(75(52)36-64(65,66)67)48-30-45(32-68-53(48)39(3)81-7)44-17-21-72-24-25-82-33-46(72)28-44/h8,10-11,15-16,26,29-30,32,38-39,41,44,46,50-51,54-55,57,70H,9,12-14,17-25,27-28,31,33-37H2,1-7H3,(H,69,77)/t39-,44+,46-,50-,51-,54-,55+,57+,63-,71?/m0/s1. The molecule has 6 bridgehead atoms. The molecule has 12 rings (SSSR count). The van der Waals surface area contributed by atoms with Crippen LogP contribution in [0.1, 0.15) is 120 Å². The van der Waals surface area contributed by atoms with Crippen LogP contribution in [0.15, 0.2) is 54.7 Å². The van der Waals surface area contributed by atoms with Crippen LogP contribution in [0.2, 0.25) is 0 Å². The molecule has 2 aromatic heterocycles. The Morgan fingerprint density at radius 1 is 0.952 bits per heavy atom. The van der Waals surface area contributed by atoms with Crippen LogP contribution in [-0.4, -0.2) is 180 Å². The highest BCUT2D eigenvalue weighted by atomic mass is 19.4. The van der Waals surface area contributed by atoms with Gasteiger partial charge in [-0.1, -0.05) is 58.0 Å². The molecule has 7 aliphatic heterocycles. The van der Waals surface area contributed by atoms with Gasteiger partial charge in [-0.2, -0.15) is 13.2 Å². The van der Waals surface area contributed by atoms with Crippen molar-refractivity contribution in [1.82, 2.24) is 44.9 Å². The molecule has 0 radical (unpaired) electrons. The number of halogens is 3. The summed E-state index contributed by atoms with van der Waals surface area (Å²) in [5.41, 5.74) is 8.13. The molecule has 16 nitrogen and oxygen atoms in total. The average molecular weight is 1150 g/mol. The molecule has 8 aliphatic rings. The van der Waals surface area contributed by atoms with E-state index in [1.54, 1.807) is 13.2 Å². The number of piperidine rings is 1. The Morgan fingerprint density at radius 3 is 2.52 bits per heavy atom. The number of morpholine rings is 1. The number of amides is 3. The molecule has 2 aromatic carbocycles. The summed E-state index contributed by atoms with van der Waals surface area (Å²) in [5.74, 6) is -0.292. The van der Waals surface area contributed by atoms with Crippen LogP contribution in [-0.2, 0) is 52.8 Å². The molecule has 1 spiro atoms. The number of cyclic esters (lactones) is 1. The molecular weight excluding hydrogens is 1060 g/mol. The lowest BCUT2D eigenvalue weighted by atomic mass is 9.82. The molecule has 1 unspecified atom stereocenters. The first-order valence-electron chi connectivity index (χ1n) is 30.6. The van der Waals surface area contributed by atoms with Gasteiger partial charge in [0, 0.05) is 91.8 Å². The summed E-state index contributed by atoms with van der Waals surface area (Å²) in [6.45, 7) is 14.7. The van der Waals surface area contributed by atoms with E-state index < -0.39 is 48.3 Å². The van der Waals surface area contributed by atoms with Crippen molar-refractivity contribution in [3.05, 3.63) is 77.1 Å². The van der Waals surface area contributed by atoms with Gasteiger partial charge in [0.2, 0.25) is 11.8 Å². The summed E-state index contributed by atoms with van der Waals surface area (Å²) in [4.78, 5) is 72.2. The number of carbonyl (C=O) groups is 4. The number of hydrogen-bond acceptors (Lipinski definition) is 12. The van der Waals surface area contributed by atoms with Gasteiger partial charge in [0.15, 0.2) is 0 Å². The van der Waals surface area contributed by atoms with Crippen molar-refractivity contribution in [2.75, 3.05) is 79.8 Å². The minimum Gasteiger partial charge on any atom is -0.464 e. The van der Waals surface area contributed by atoms with Gasteiger partial charge in [0.05, 0.1) is 43.4 Å². The molecular formula is C64H84F3N9O7. The van der Waals surface area contributed by atoms with Crippen molar-refractivity contribution < 1.29 is 46.6 Å². The van der Waals surface area contributed by atoms with E-state index in [4.69, 9.17) is 19.2 Å². The molecule has 1 saturated carbocycles. The Labute approximate surface area is 486 Å². The van der Waals surface area contributed by atoms with Gasteiger partial charge in [0.1, 0.15) is 24.7 Å². The number of benzene rings is 2. The first-order valence-corrected chi connectivity index (χ1v) is 30.6. The van der Waals surface area contributed by atoms with Crippen molar-refractivity contribution in [3.8, 4) is 22.4 Å². The van der Waals surface area contributed by atoms with Crippen LogP contribution < -0.4 is 10.7 Å². The number of nitrogens with zero attached hydrogens (tertiary/aromatic N) is 7. The maximum Gasteiger partial charge on any atom is 0.406 e. The third-order valence-corrected chi connectivity index (χ3v) is 19.9. The fourth-order valence-corrected chi connectivity index (χ4v) is 15.3. The largest absolute Gasteiger partial charge is 0.464 e. The van der Waals surface area contributed by atoms with Crippen molar-refractivity contribution in [2.45, 2.75) is 160 Å². The Hall–Kier alpha value is -5.44. The molecule has 10 atom stereocenters. The third-order valence-electron chi connectivity index (χ3n) is 19.9. The molecule has 1 aliphatic carbocycles. The SMILES string of the molecule is CO[C@@H](C)c1ncc([C@@H]2CCN3CCOC[C@@H]3C2)cc1-c1c2c3cc(ccc3n1CC(F)(F)F)-c1cccc(c1)C[C@H](NC(=O)[C@H](C(C)C)N1CC[C@]3(CCN(C(=O)[C@H]4[C@@H](C5CC5)N4C)C3)C1)C(=O)N1CCC[C@H](N1)C(=O)OCC(C)(C)C2. The predicted octanol–water partition coefficient (Wildman–Crippen LogP) is 7.91. The number of likely N-dealkylation sites (tertiary alicyclic amines) is 2. The number of hydrogen-bond donors (Lipinski definition) is 2. The Kier molecular flexibility index (Phi) is 15.9. The number of likely N-dealkylation sites (N-methyl/N-ethyl adjacent to an activating group) is 1. The van der Waals surface area contributed by atoms with Crippen LogP contribution in [0.5, 0.6) is 0 Å². The number of fused-ring (bicyclic) bond motifs is 7. The monoisotopic (exact) mass is 1150 g/mol. The molecule has 3 amide bonds. The number of aromatic nitrogens is 2. The van der Waals surface area contributed by atoms with Crippen LogP contribution in [0.4, 0.5) is 13.2 Å². The van der Waals surface area contributed by atoms with Gasteiger partial charge in [-0.05, 0) is 149 Å². The van der Waals surface area contributed by atoms with Crippen LogP contribution in [0.25, 0.3) is 33.3 Å². The molecule has 448 valence electrons. The van der Waals surface area contributed by atoms with E-state index in [0.29, 0.717) is 97.6 Å². The minimum atomic E-state index is -4.60. The zero-order chi connectivity index (χ0) is 58.3. The number of pyridine rings is 1. The highest BCUT2D eigenvalue weighted by Gasteiger charge is 2.59. The number of alkyl halides is 3. The highest BCUT2D eigenvalue weighted by Crippen LogP contribution is 2.49. The summed E-state index contributed by atoms with van der Waals surface area (Å²) in [6, 6.07) is 13.6. The van der Waals surface area contributed by atoms with E-state index in [1.165, 1.54) is 22.4 Å². The van der Waals surface area contributed by atoms with E-state index in [-0.39, 0.29) is 66.5 Å². The van der Waals surface area contributed by atoms with Crippen LogP contribution >= 0.6 is 0 Å². The number of nitrogens with one attached hydrogen (secondary N) is 2. The number of methoxy groups -OCH3 is 1. The quantitative estimate of drug-likeness (QED) is 0.111. The number of carbonyl (C=O) groups excluding carboxylic acids is 4. The molecule has 4 aromatic rings. The molecule has 19 heteroatoms. The second-order valence-corrected chi connectivity index (χ2v) is 26.9. The van der Waals surface area contributed by atoms with E-state index >= 15 is 22.8 Å². The molecule has 83 heavy (non-hydrogen) atoms. The second kappa shape index (κ2) is 22.8. The van der Waals surface area contributed by atoms with Gasteiger partial charge < -0.3 is 29.0 Å². The van der Waals surface area contributed by atoms with E-state index in [2.05, 4.69) is 43.5 Å². The van der Waals surface area contributed by atoms with Gasteiger partial charge in [0.25, 0.3) is 5.91 Å². The first kappa shape index (κ1) is 58.0. The van der Waals surface area contributed by atoms with Gasteiger partial charge in [-0.25, -0.2) is 5.43 Å². The van der Waals surface area contributed by atoms with E-state index in [0.717, 1.165) is 67.6 Å². The third kappa shape index (κ3) is 11.8. The van der Waals surface area contributed by atoms with Gasteiger partial charge >= 0.3 is 12.1 Å². The molecule has 9 heterocycles. The fourth-order valence-electron chi connectivity index (χ4n) is 15.3. The first-order chi connectivity index (χ1) is 39.7. The van der Waals surface area contributed by atoms with Gasteiger partial charge in [-0.3, -0.25) is 43.9 Å². The maximum absolute atomic E-state index is 15.3. The topological polar surface area (TPSA) is 154 Å². The Balaban J connectivity index is 0.893.